The first-order valence-corrected chi connectivity index (χ1v) is 10.1. The van der Waals surface area contributed by atoms with Crippen molar-refractivity contribution in [3.8, 4) is 0 Å². The first-order valence-electron chi connectivity index (χ1n) is 9.24. The number of rotatable bonds is 5. The number of amides is 2. The van der Waals surface area contributed by atoms with Crippen molar-refractivity contribution in [2.75, 3.05) is 5.32 Å². The number of benzene rings is 2. The number of carbonyl (C=O) groups excluding carboxylic acids is 2. The highest BCUT2D eigenvalue weighted by molar-refractivity contribution is 7.12. The van der Waals surface area contributed by atoms with Gasteiger partial charge in [0.25, 0.3) is 5.91 Å². The quantitative estimate of drug-likeness (QED) is 0.521. The lowest BCUT2D eigenvalue weighted by Crippen LogP contribution is -2.41. The second kappa shape index (κ2) is 7.48. The number of fused-ring (bicyclic) bond motifs is 3. The normalized spacial score (nSPS) is 12.2. The average molecular weight is 391 g/mol. The molecule has 1 unspecified atom stereocenters. The molecule has 0 fully saturated rings. The van der Waals surface area contributed by atoms with Crippen LogP contribution < -0.4 is 10.6 Å². The van der Waals surface area contributed by atoms with E-state index >= 15 is 0 Å². The maximum absolute atomic E-state index is 12.6. The molecule has 2 amide bonds. The molecule has 5 nitrogen and oxygen atoms in total. The molecule has 0 saturated carbocycles. The van der Waals surface area contributed by atoms with Gasteiger partial charge < -0.3 is 15.2 Å². The number of nitrogens with zero attached hydrogens (tertiary/aromatic N) is 1. The van der Waals surface area contributed by atoms with Crippen molar-refractivity contribution in [1.29, 1.82) is 0 Å². The molecule has 2 heterocycles. The largest absolute Gasteiger partial charge is 0.341 e. The van der Waals surface area contributed by atoms with Crippen LogP contribution in [0.1, 0.15) is 23.5 Å². The zero-order valence-electron chi connectivity index (χ0n) is 15.7. The minimum absolute atomic E-state index is 0.237. The molecule has 0 spiro atoms. The molecule has 2 aromatic heterocycles. The van der Waals surface area contributed by atoms with Gasteiger partial charge in [-0.05, 0) is 49.6 Å². The summed E-state index contributed by atoms with van der Waals surface area (Å²) in [6.07, 6.45) is 0. The molecule has 2 aromatic carbocycles. The summed E-state index contributed by atoms with van der Waals surface area (Å²) in [5, 5.41) is 9.75. The molecule has 0 aliphatic rings. The molecule has 0 bridgehead atoms. The topological polar surface area (TPSA) is 63.1 Å². The Morgan fingerprint density at radius 2 is 1.82 bits per heavy atom. The lowest BCUT2D eigenvalue weighted by atomic mass is 10.1. The Balaban J connectivity index is 1.57. The van der Waals surface area contributed by atoms with Crippen LogP contribution in [0.15, 0.2) is 60.0 Å². The summed E-state index contributed by atoms with van der Waals surface area (Å²) in [4.78, 5) is 25.3. The van der Waals surface area contributed by atoms with Crippen LogP contribution in [-0.2, 0) is 11.3 Å². The third-order valence-corrected chi connectivity index (χ3v) is 5.71. The average Bonchev–Trinajstić information content (AvgIpc) is 3.34. The number of anilines is 1. The fourth-order valence-electron chi connectivity index (χ4n) is 3.46. The lowest BCUT2D eigenvalue weighted by Gasteiger charge is -2.14. The highest BCUT2D eigenvalue weighted by Gasteiger charge is 2.18. The summed E-state index contributed by atoms with van der Waals surface area (Å²) in [7, 11) is 0. The first kappa shape index (κ1) is 18.3. The number of aromatic nitrogens is 1. The van der Waals surface area contributed by atoms with Crippen LogP contribution in [0.3, 0.4) is 0 Å². The van der Waals surface area contributed by atoms with Crippen molar-refractivity contribution in [2.45, 2.75) is 26.4 Å². The number of hydrogen-bond acceptors (Lipinski definition) is 3. The van der Waals surface area contributed by atoms with E-state index in [2.05, 4.69) is 34.3 Å². The van der Waals surface area contributed by atoms with E-state index in [1.54, 1.807) is 13.0 Å². The van der Waals surface area contributed by atoms with E-state index in [1.165, 1.54) is 16.9 Å². The summed E-state index contributed by atoms with van der Waals surface area (Å²) < 4.78 is 2.26. The lowest BCUT2D eigenvalue weighted by molar-refractivity contribution is -0.117. The van der Waals surface area contributed by atoms with E-state index in [9.17, 15) is 9.59 Å². The summed E-state index contributed by atoms with van der Waals surface area (Å²) in [5.41, 5.74) is 3.04. The van der Waals surface area contributed by atoms with Crippen LogP contribution in [0.2, 0.25) is 0 Å². The molecule has 2 N–H and O–H groups in total. The predicted molar refractivity (Wildman–Crippen MR) is 115 cm³/mol. The number of thiophene rings is 1. The zero-order chi connectivity index (χ0) is 19.7. The van der Waals surface area contributed by atoms with Gasteiger partial charge in [-0.1, -0.05) is 24.3 Å². The molecule has 142 valence electrons. The minimum atomic E-state index is -0.637. The second-order valence-electron chi connectivity index (χ2n) is 6.66. The molecule has 1 atom stereocenters. The van der Waals surface area contributed by atoms with E-state index in [-0.39, 0.29) is 11.8 Å². The molecule has 6 heteroatoms. The van der Waals surface area contributed by atoms with Gasteiger partial charge in [0.2, 0.25) is 5.91 Å². The van der Waals surface area contributed by atoms with Crippen LogP contribution in [0.5, 0.6) is 0 Å². The molecule has 28 heavy (non-hydrogen) atoms. The Hall–Kier alpha value is -3.12. The van der Waals surface area contributed by atoms with Gasteiger partial charge in [-0.2, -0.15) is 0 Å². The van der Waals surface area contributed by atoms with Gasteiger partial charge in [0.05, 0.1) is 4.88 Å². The van der Waals surface area contributed by atoms with Gasteiger partial charge in [-0.3, -0.25) is 9.59 Å². The van der Waals surface area contributed by atoms with Crippen molar-refractivity contribution in [2.24, 2.45) is 0 Å². The summed E-state index contributed by atoms with van der Waals surface area (Å²) in [5.74, 6) is -0.484. The van der Waals surface area contributed by atoms with Crippen molar-refractivity contribution in [3.05, 3.63) is 64.9 Å². The van der Waals surface area contributed by atoms with Crippen molar-refractivity contribution >= 4 is 50.6 Å². The van der Waals surface area contributed by atoms with Crippen LogP contribution in [0.4, 0.5) is 5.69 Å². The molecule has 4 aromatic rings. The van der Waals surface area contributed by atoms with E-state index in [4.69, 9.17) is 0 Å². The number of carbonyl (C=O) groups is 2. The zero-order valence-corrected chi connectivity index (χ0v) is 16.5. The van der Waals surface area contributed by atoms with Gasteiger partial charge in [0.15, 0.2) is 0 Å². The Kier molecular flexibility index (Phi) is 4.88. The van der Waals surface area contributed by atoms with Gasteiger partial charge in [-0.25, -0.2) is 0 Å². The molecular formula is C22H21N3O2S. The van der Waals surface area contributed by atoms with E-state index in [1.807, 2.05) is 41.8 Å². The third kappa shape index (κ3) is 3.27. The summed E-state index contributed by atoms with van der Waals surface area (Å²) >= 11 is 1.35. The maximum atomic E-state index is 12.6. The first-order chi connectivity index (χ1) is 13.6. The monoisotopic (exact) mass is 391 g/mol. The number of aryl methyl sites for hydroxylation is 1. The molecule has 0 aliphatic heterocycles. The van der Waals surface area contributed by atoms with Crippen molar-refractivity contribution < 1.29 is 9.59 Å². The fourth-order valence-corrected chi connectivity index (χ4v) is 4.09. The second-order valence-corrected chi connectivity index (χ2v) is 7.60. The summed E-state index contributed by atoms with van der Waals surface area (Å²) in [6.45, 7) is 4.68. The third-order valence-electron chi connectivity index (χ3n) is 4.84. The molecule has 0 radical (unpaired) electrons. The number of hydrogen-bond donors (Lipinski definition) is 2. The predicted octanol–water partition coefficient (Wildman–Crippen LogP) is 4.63. The Morgan fingerprint density at radius 3 is 2.57 bits per heavy atom. The standard InChI is InChI=1S/C22H21N3O2S/c1-3-25-18-8-5-4-7-16(18)17-13-15(10-11-19(17)25)24-21(26)14(2)23-22(27)20-9-6-12-28-20/h4-14H,3H2,1-2H3,(H,23,27)(H,24,26). The van der Waals surface area contributed by atoms with E-state index in [0.29, 0.717) is 10.6 Å². The van der Waals surface area contributed by atoms with Crippen LogP contribution in [0.25, 0.3) is 21.8 Å². The van der Waals surface area contributed by atoms with Crippen molar-refractivity contribution in [3.63, 3.8) is 0 Å². The molecule has 0 saturated heterocycles. The van der Waals surface area contributed by atoms with Crippen LogP contribution >= 0.6 is 11.3 Å². The summed E-state index contributed by atoms with van der Waals surface area (Å²) in [6, 6.07) is 17.1. The smallest absolute Gasteiger partial charge is 0.261 e. The fraction of sp³-hybridized carbons (Fsp3) is 0.182. The maximum Gasteiger partial charge on any atom is 0.261 e. The van der Waals surface area contributed by atoms with E-state index < -0.39 is 6.04 Å². The van der Waals surface area contributed by atoms with Crippen LogP contribution in [-0.4, -0.2) is 22.4 Å². The Morgan fingerprint density at radius 1 is 1.04 bits per heavy atom. The minimum Gasteiger partial charge on any atom is -0.341 e. The van der Waals surface area contributed by atoms with Gasteiger partial charge in [0.1, 0.15) is 6.04 Å². The number of para-hydroxylation sites is 1. The molecule has 0 aliphatic carbocycles. The highest BCUT2D eigenvalue weighted by Crippen LogP contribution is 2.31. The molecular weight excluding hydrogens is 370 g/mol. The van der Waals surface area contributed by atoms with Gasteiger partial charge in [0, 0.05) is 34.0 Å². The van der Waals surface area contributed by atoms with Crippen molar-refractivity contribution in [1.82, 2.24) is 9.88 Å². The SMILES string of the molecule is CCn1c2ccccc2c2cc(NC(=O)C(C)NC(=O)c3cccs3)ccc21. The Labute approximate surface area is 167 Å². The van der Waals surface area contributed by atoms with E-state index in [0.717, 1.165) is 22.8 Å². The van der Waals surface area contributed by atoms with Crippen LogP contribution in [0, 0.1) is 0 Å². The van der Waals surface area contributed by atoms with Gasteiger partial charge in [-0.15, -0.1) is 11.3 Å². The highest BCUT2D eigenvalue weighted by atomic mass is 32.1. The van der Waals surface area contributed by atoms with Gasteiger partial charge >= 0.3 is 0 Å². The number of nitrogens with one attached hydrogen (secondary N) is 2. The molecule has 4 rings (SSSR count). The Bertz CT molecular complexity index is 1160.